The molecule has 0 fully saturated rings. The molecule has 0 radical (unpaired) electrons. The summed E-state index contributed by atoms with van der Waals surface area (Å²) in [5.41, 5.74) is 4.75. The van der Waals surface area contributed by atoms with Gasteiger partial charge in [-0.15, -0.1) is 11.3 Å². The van der Waals surface area contributed by atoms with E-state index in [1.165, 1.54) is 0 Å². The van der Waals surface area contributed by atoms with Crippen LogP contribution in [0.15, 0.2) is 73.1 Å². The van der Waals surface area contributed by atoms with Crippen LogP contribution >= 0.6 is 11.3 Å². The number of ether oxygens (including phenoxy) is 1. The van der Waals surface area contributed by atoms with Gasteiger partial charge in [-0.05, 0) is 47.5 Å². The van der Waals surface area contributed by atoms with Crippen molar-refractivity contribution in [2.75, 3.05) is 7.11 Å². The molecule has 146 valence electrons. The fourth-order valence-electron chi connectivity index (χ4n) is 2.97. The summed E-state index contributed by atoms with van der Waals surface area (Å²) in [5.74, 6) is 0.920. The van der Waals surface area contributed by atoms with Crippen LogP contribution in [-0.2, 0) is 16.8 Å². The first-order chi connectivity index (χ1) is 14.1. The van der Waals surface area contributed by atoms with E-state index in [0.29, 0.717) is 0 Å². The van der Waals surface area contributed by atoms with Crippen molar-refractivity contribution in [2.45, 2.75) is 5.75 Å². The van der Waals surface area contributed by atoms with Crippen LogP contribution in [0.2, 0.25) is 0 Å². The van der Waals surface area contributed by atoms with Gasteiger partial charge >= 0.3 is 0 Å². The van der Waals surface area contributed by atoms with Crippen molar-refractivity contribution in [1.29, 1.82) is 0 Å². The van der Waals surface area contributed by atoms with Crippen LogP contribution in [0.25, 0.3) is 32.3 Å². The molecule has 1 N–H and O–H groups in total. The largest absolute Gasteiger partial charge is 0.497 e. The second-order valence-electron chi connectivity index (χ2n) is 6.32. The Hall–Kier alpha value is -2.87. The van der Waals surface area contributed by atoms with Gasteiger partial charge in [0.2, 0.25) is 0 Å². The van der Waals surface area contributed by atoms with E-state index in [2.05, 4.69) is 4.98 Å². The van der Waals surface area contributed by atoms with Crippen molar-refractivity contribution in [3.8, 4) is 38.0 Å². The van der Waals surface area contributed by atoms with E-state index in [0.717, 1.165) is 43.6 Å². The number of thiazole rings is 1. The summed E-state index contributed by atoms with van der Waals surface area (Å²) in [6.07, 6.45) is 3.55. The summed E-state index contributed by atoms with van der Waals surface area (Å²) in [5, 5.41) is 0.888. The summed E-state index contributed by atoms with van der Waals surface area (Å²) >= 11 is -0.238. The minimum atomic E-state index is -1.85. The molecule has 0 saturated carbocycles. The normalized spacial score (nSPS) is 11.9. The number of rotatable bonds is 6. The first-order valence-corrected chi connectivity index (χ1v) is 11.0. The lowest BCUT2D eigenvalue weighted by atomic mass is 10.1. The maximum Gasteiger partial charge on any atom is 0.157 e. The van der Waals surface area contributed by atoms with E-state index in [1.54, 1.807) is 30.8 Å². The van der Waals surface area contributed by atoms with Crippen LogP contribution in [-0.4, -0.2) is 25.8 Å². The molecule has 4 rings (SSSR count). The SMILES string of the molecule is COc1ccc(-c2nc(-c3ccc(CS(=O)O)cc3)sc2-c2ccncc2)cc1. The molecule has 1 atom stereocenters. The summed E-state index contributed by atoms with van der Waals surface area (Å²) in [7, 11) is 1.65. The van der Waals surface area contributed by atoms with Crippen molar-refractivity contribution in [3.63, 3.8) is 0 Å². The van der Waals surface area contributed by atoms with Crippen molar-refractivity contribution in [1.82, 2.24) is 9.97 Å². The molecule has 1 unspecified atom stereocenters. The number of benzene rings is 2. The lowest BCUT2D eigenvalue weighted by Crippen LogP contribution is -1.92. The monoisotopic (exact) mass is 422 g/mol. The van der Waals surface area contributed by atoms with Gasteiger partial charge in [-0.25, -0.2) is 9.19 Å². The van der Waals surface area contributed by atoms with E-state index >= 15 is 0 Å². The Labute approximate surface area is 175 Å². The smallest absolute Gasteiger partial charge is 0.157 e. The second-order valence-corrected chi connectivity index (χ2v) is 8.25. The molecule has 2 aromatic heterocycles. The Kier molecular flexibility index (Phi) is 5.80. The first kappa shape index (κ1) is 19.4. The highest BCUT2D eigenvalue weighted by atomic mass is 32.2. The van der Waals surface area contributed by atoms with E-state index in [4.69, 9.17) is 14.3 Å². The number of hydrogen-bond acceptors (Lipinski definition) is 5. The molecule has 0 saturated heterocycles. The molecule has 0 spiro atoms. The van der Waals surface area contributed by atoms with E-state index < -0.39 is 11.1 Å². The van der Waals surface area contributed by atoms with Gasteiger partial charge in [0.15, 0.2) is 11.1 Å². The number of nitrogens with zero attached hydrogens (tertiary/aromatic N) is 2. The molecule has 5 nitrogen and oxygen atoms in total. The average Bonchev–Trinajstić information content (AvgIpc) is 3.20. The van der Waals surface area contributed by atoms with Crippen molar-refractivity contribution >= 4 is 22.4 Å². The van der Waals surface area contributed by atoms with Gasteiger partial charge in [-0.1, -0.05) is 24.3 Å². The van der Waals surface area contributed by atoms with E-state index in [-0.39, 0.29) is 5.75 Å². The molecular weight excluding hydrogens is 404 g/mol. The maximum absolute atomic E-state index is 11.0. The summed E-state index contributed by atoms with van der Waals surface area (Å²) in [6.45, 7) is 0. The highest BCUT2D eigenvalue weighted by Gasteiger charge is 2.16. The van der Waals surface area contributed by atoms with Gasteiger partial charge in [-0.2, -0.15) is 0 Å². The fourth-order valence-corrected chi connectivity index (χ4v) is 4.55. The second kappa shape index (κ2) is 8.65. The minimum absolute atomic E-state index is 0.123. The third-order valence-corrected chi connectivity index (χ3v) is 6.16. The van der Waals surface area contributed by atoms with E-state index in [9.17, 15) is 4.21 Å². The number of pyridine rings is 1. The number of methoxy groups -OCH3 is 1. The lowest BCUT2D eigenvalue weighted by molar-refractivity contribution is 0.415. The standard InChI is InChI=1S/C22H18N2O3S2/c1-27-19-8-6-16(7-9-19)20-21(17-10-12-23-13-11-17)28-22(24-20)18-4-2-15(3-5-18)14-29(25)26/h2-13H,14H2,1H3,(H,25,26). The molecule has 0 bridgehead atoms. The summed E-state index contributed by atoms with van der Waals surface area (Å²) in [4.78, 5) is 10.1. The highest BCUT2D eigenvalue weighted by molar-refractivity contribution is 7.78. The third kappa shape index (κ3) is 4.42. The van der Waals surface area contributed by atoms with Crippen LogP contribution in [0, 0.1) is 0 Å². The first-order valence-electron chi connectivity index (χ1n) is 8.86. The molecule has 7 heteroatoms. The zero-order valence-corrected chi connectivity index (χ0v) is 17.2. The Bertz CT molecular complexity index is 1130. The van der Waals surface area contributed by atoms with E-state index in [1.807, 2.05) is 60.7 Å². The summed E-state index contributed by atoms with van der Waals surface area (Å²) in [6, 6.07) is 19.4. The molecule has 29 heavy (non-hydrogen) atoms. The predicted molar refractivity (Wildman–Crippen MR) is 117 cm³/mol. The van der Waals surface area contributed by atoms with Crippen LogP contribution in [0.4, 0.5) is 0 Å². The zero-order chi connectivity index (χ0) is 20.2. The third-order valence-electron chi connectivity index (χ3n) is 4.42. The lowest BCUT2D eigenvalue weighted by Gasteiger charge is -2.04. The van der Waals surface area contributed by atoms with Gasteiger partial charge in [-0.3, -0.25) is 4.98 Å². The Morgan fingerprint density at radius 3 is 2.21 bits per heavy atom. The number of hydrogen-bond donors (Lipinski definition) is 1. The van der Waals surface area contributed by atoms with Crippen molar-refractivity contribution in [3.05, 3.63) is 78.6 Å². The van der Waals surface area contributed by atoms with Gasteiger partial charge in [0, 0.05) is 23.5 Å². The summed E-state index contributed by atoms with van der Waals surface area (Å²) < 4.78 is 25.4. The van der Waals surface area contributed by atoms with Crippen LogP contribution in [0.1, 0.15) is 5.56 Å². The Morgan fingerprint density at radius 2 is 1.59 bits per heavy atom. The molecule has 4 aromatic rings. The fraction of sp³-hybridized carbons (Fsp3) is 0.0909. The predicted octanol–water partition coefficient (Wildman–Crippen LogP) is 5.27. The molecule has 0 aliphatic rings. The number of aromatic nitrogens is 2. The average molecular weight is 423 g/mol. The Balaban J connectivity index is 1.78. The highest BCUT2D eigenvalue weighted by Crippen LogP contribution is 2.40. The van der Waals surface area contributed by atoms with Crippen molar-refractivity contribution in [2.24, 2.45) is 0 Å². The molecule has 0 amide bonds. The van der Waals surface area contributed by atoms with Gasteiger partial charge in [0.1, 0.15) is 10.8 Å². The van der Waals surface area contributed by atoms with Gasteiger partial charge in [0.25, 0.3) is 0 Å². The molecule has 0 aliphatic heterocycles. The molecule has 2 heterocycles. The zero-order valence-electron chi connectivity index (χ0n) is 15.6. The van der Waals surface area contributed by atoms with Crippen LogP contribution in [0.5, 0.6) is 5.75 Å². The van der Waals surface area contributed by atoms with Crippen LogP contribution in [0.3, 0.4) is 0 Å². The molecular formula is C22H18N2O3S2. The van der Waals surface area contributed by atoms with Crippen molar-refractivity contribution < 1.29 is 13.5 Å². The van der Waals surface area contributed by atoms with Crippen LogP contribution < -0.4 is 4.74 Å². The van der Waals surface area contributed by atoms with Gasteiger partial charge in [0.05, 0.1) is 23.4 Å². The topological polar surface area (TPSA) is 72.3 Å². The molecule has 2 aromatic carbocycles. The quantitative estimate of drug-likeness (QED) is 0.429. The maximum atomic E-state index is 11.0. The Morgan fingerprint density at radius 1 is 0.931 bits per heavy atom. The van der Waals surface area contributed by atoms with Gasteiger partial charge < -0.3 is 9.29 Å². The minimum Gasteiger partial charge on any atom is -0.497 e. The molecule has 0 aliphatic carbocycles.